The Morgan fingerprint density at radius 1 is 1.26 bits per heavy atom. The van der Waals surface area contributed by atoms with Crippen molar-refractivity contribution in [3.05, 3.63) is 54.1 Å². The van der Waals surface area contributed by atoms with Gasteiger partial charge in [-0.05, 0) is 18.4 Å². The molecule has 0 aliphatic rings. The van der Waals surface area contributed by atoms with Crippen LogP contribution in [0.3, 0.4) is 0 Å². The number of hydrogen-bond donors (Lipinski definition) is 2. The summed E-state index contributed by atoms with van der Waals surface area (Å²) in [6, 6.07) is 10.2. The van der Waals surface area contributed by atoms with Crippen LogP contribution in [0.1, 0.15) is 24.4 Å². The molecule has 0 amide bonds. The predicted molar refractivity (Wildman–Crippen MR) is 86.4 cm³/mol. The van der Waals surface area contributed by atoms with E-state index in [4.69, 9.17) is 0 Å². The molecule has 23 heavy (non-hydrogen) atoms. The predicted octanol–water partition coefficient (Wildman–Crippen LogP) is 2.58. The highest BCUT2D eigenvalue weighted by molar-refractivity contribution is 5.79. The highest BCUT2D eigenvalue weighted by atomic mass is 19.3. The monoisotopic (exact) mass is 321 g/mol. The number of hydrogen-bond acceptors (Lipinski definition) is 2. The van der Waals surface area contributed by atoms with Crippen LogP contribution in [0.15, 0.2) is 47.7 Å². The highest BCUT2D eigenvalue weighted by Crippen LogP contribution is 2.11. The first-order valence-corrected chi connectivity index (χ1v) is 7.49. The van der Waals surface area contributed by atoms with Gasteiger partial charge in [0.1, 0.15) is 5.82 Å². The first kappa shape index (κ1) is 16.9. The lowest BCUT2D eigenvalue weighted by molar-refractivity contribution is 0.0668. The highest BCUT2D eigenvalue weighted by Gasteiger charge is 2.11. The standard InChI is InChI=1S/C16H21F2N5/c1-19-16(21-9-5-8-13-6-3-2-4-7-13)22-12-14-20-10-11-23(14)15(17)18/h2-4,6-7,10-11,15H,5,8-9,12H2,1H3,(H2,19,21,22). The Balaban J connectivity index is 1.72. The van der Waals surface area contributed by atoms with Gasteiger partial charge >= 0.3 is 6.55 Å². The molecule has 5 nitrogen and oxygen atoms in total. The number of aryl methyl sites for hydroxylation is 1. The maximum atomic E-state index is 12.7. The Labute approximate surface area is 134 Å². The summed E-state index contributed by atoms with van der Waals surface area (Å²) in [5.41, 5.74) is 1.29. The third kappa shape index (κ3) is 5.36. The van der Waals surface area contributed by atoms with Gasteiger partial charge in [-0.25, -0.2) is 4.98 Å². The van der Waals surface area contributed by atoms with E-state index in [1.807, 2.05) is 18.2 Å². The molecular formula is C16H21F2N5. The van der Waals surface area contributed by atoms with Crippen LogP contribution in [0.2, 0.25) is 0 Å². The lowest BCUT2D eigenvalue weighted by atomic mass is 10.1. The normalized spacial score (nSPS) is 11.7. The minimum Gasteiger partial charge on any atom is -0.356 e. The van der Waals surface area contributed by atoms with Gasteiger partial charge in [-0.1, -0.05) is 30.3 Å². The van der Waals surface area contributed by atoms with Crippen LogP contribution in [0.5, 0.6) is 0 Å². The van der Waals surface area contributed by atoms with Crippen molar-refractivity contribution in [3.63, 3.8) is 0 Å². The zero-order valence-electron chi connectivity index (χ0n) is 13.0. The van der Waals surface area contributed by atoms with Crippen molar-refractivity contribution in [3.8, 4) is 0 Å². The van der Waals surface area contributed by atoms with Gasteiger partial charge < -0.3 is 10.6 Å². The second-order valence-corrected chi connectivity index (χ2v) is 4.97. The van der Waals surface area contributed by atoms with E-state index in [2.05, 4.69) is 32.7 Å². The largest absolute Gasteiger partial charge is 0.356 e. The molecule has 0 saturated carbocycles. The lowest BCUT2D eigenvalue weighted by Gasteiger charge is -2.12. The van der Waals surface area contributed by atoms with Crippen LogP contribution in [0.25, 0.3) is 0 Å². The Kier molecular flexibility index (Phi) is 6.53. The molecule has 1 heterocycles. The second kappa shape index (κ2) is 8.87. The molecule has 0 saturated heterocycles. The van der Waals surface area contributed by atoms with E-state index in [1.54, 1.807) is 7.05 Å². The van der Waals surface area contributed by atoms with Crippen molar-refractivity contribution in [2.24, 2.45) is 4.99 Å². The molecule has 0 spiro atoms. The summed E-state index contributed by atoms with van der Waals surface area (Å²) in [7, 11) is 1.64. The average Bonchev–Trinajstić information content (AvgIpc) is 3.04. The number of rotatable bonds is 7. The molecule has 7 heteroatoms. The van der Waals surface area contributed by atoms with Gasteiger partial charge in [-0.15, -0.1) is 0 Å². The number of alkyl halides is 2. The van der Waals surface area contributed by atoms with E-state index in [9.17, 15) is 8.78 Å². The number of nitrogens with zero attached hydrogens (tertiary/aromatic N) is 3. The van der Waals surface area contributed by atoms with Gasteiger partial charge in [0.2, 0.25) is 0 Å². The molecule has 0 radical (unpaired) electrons. The van der Waals surface area contributed by atoms with Gasteiger partial charge in [-0.3, -0.25) is 9.56 Å². The molecule has 0 aliphatic heterocycles. The molecular weight excluding hydrogens is 300 g/mol. The van der Waals surface area contributed by atoms with Crippen molar-refractivity contribution in [1.29, 1.82) is 0 Å². The maximum Gasteiger partial charge on any atom is 0.319 e. The fourth-order valence-electron chi connectivity index (χ4n) is 2.19. The minimum absolute atomic E-state index is 0.190. The smallest absolute Gasteiger partial charge is 0.319 e. The van der Waals surface area contributed by atoms with Crippen molar-refractivity contribution < 1.29 is 8.78 Å². The summed E-state index contributed by atoms with van der Waals surface area (Å²) >= 11 is 0. The molecule has 1 aromatic heterocycles. The number of aromatic nitrogens is 2. The Morgan fingerprint density at radius 3 is 2.74 bits per heavy atom. The van der Waals surface area contributed by atoms with Crippen LogP contribution < -0.4 is 10.6 Å². The Morgan fingerprint density at radius 2 is 2.04 bits per heavy atom. The summed E-state index contributed by atoms with van der Waals surface area (Å²) in [4.78, 5) is 7.99. The number of imidazole rings is 1. The van der Waals surface area contributed by atoms with E-state index in [0.29, 0.717) is 5.96 Å². The molecule has 2 rings (SSSR count). The van der Waals surface area contributed by atoms with E-state index >= 15 is 0 Å². The van der Waals surface area contributed by atoms with Crippen molar-refractivity contribution >= 4 is 5.96 Å². The van der Waals surface area contributed by atoms with E-state index in [-0.39, 0.29) is 12.4 Å². The average molecular weight is 321 g/mol. The van der Waals surface area contributed by atoms with Gasteiger partial charge in [0.15, 0.2) is 5.96 Å². The van der Waals surface area contributed by atoms with Crippen LogP contribution in [0, 0.1) is 0 Å². The van der Waals surface area contributed by atoms with Gasteiger partial charge in [-0.2, -0.15) is 8.78 Å². The molecule has 2 aromatic rings. The van der Waals surface area contributed by atoms with Crippen LogP contribution in [0.4, 0.5) is 8.78 Å². The van der Waals surface area contributed by atoms with Crippen LogP contribution >= 0.6 is 0 Å². The van der Waals surface area contributed by atoms with Crippen molar-refractivity contribution in [1.82, 2.24) is 20.2 Å². The van der Waals surface area contributed by atoms with Crippen molar-refractivity contribution in [2.45, 2.75) is 25.9 Å². The number of aliphatic imine (C=N–C) groups is 1. The molecule has 0 atom stereocenters. The van der Waals surface area contributed by atoms with Crippen LogP contribution in [-0.2, 0) is 13.0 Å². The minimum atomic E-state index is -2.59. The van der Waals surface area contributed by atoms with E-state index < -0.39 is 6.55 Å². The number of guanidine groups is 1. The van der Waals surface area contributed by atoms with Gasteiger partial charge in [0, 0.05) is 26.0 Å². The first-order chi connectivity index (χ1) is 11.2. The third-order valence-corrected chi connectivity index (χ3v) is 3.37. The topological polar surface area (TPSA) is 54.2 Å². The van der Waals surface area contributed by atoms with E-state index in [1.165, 1.54) is 18.0 Å². The molecule has 124 valence electrons. The van der Waals surface area contributed by atoms with Gasteiger partial charge in [0.25, 0.3) is 0 Å². The summed E-state index contributed by atoms with van der Waals surface area (Å²) in [5.74, 6) is 0.842. The fraction of sp³-hybridized carbons (Fsp3) is 0.375. The fourth-order valence-corrected chi connectivity index (χ4v) is 2.19. The zero-order valence-corrected chi connectivity index (χ0v) is 13.0. The summed E-state index contributed by atoms with van der Waals surface area (Å²) in [6.45, 7) is -1.65. The molecule has 0 fully saturated rings. The number of halogens is 2. The van der Waals surface area contributed by atoms with Crippen LogP contribution in [-0.4, -0.2) is 29.1 Å². The molecule has 1 aromatic carbocycles. The Bertz CT molecular complexity index is 610. The third-order valence-electron chi connectivity index (χ3n) is 3.37. The molecule has 0 aliphatic carbocycles. The Hall–Kier alpha value is -2.44. The molecule has 0 bridgehead atoms. The van der Waals surface area contributed by atoms with Gasteiger partial charge in [0.05, 0.1) is 6.54 Å². The lowest BCUT2D eigenvalue weighted by Crippen LogP contribution is -2.38. The quantitative estimate of drug-likeness (QED) is 0.468. The second-order valence-electron chi connectivity index (χ2n) is 4.97. The molecule has 0 unspecified atom stereocenters. The SMILES string of the molecule is CN=C(NCCCc1ccccc1)NCc1nccn1C(F)F. The summed E-state index contributed by atoms with van der Waals surface area (Å²) in [6.07, 6.45) is 4.55. The maximum absolute atomic E-state index is 12.7. The number of benzene rings is 1. The van der Waals surface area contributed by atoms with Crippen molar-refractivity contribution in [2.75, 3.05) is 13.6 Å². The summed E-state index contributed by atoms with van der Waals surface area (Å²) in [5, 5.41) is 6.15. The first-order valence-electron chi connectivity index (χ1n) is 7.49. The summed E-state index contributed by atoms with van der Waals surface area (Å²) < 4.78 is 26.3. The zero-order chi connectivity index (χ0) is 16.5. The molecule has 2 N–H and O–H groups in total. The number of nitrogens with one attached hydrogen (secondary N) is 2. The van der Waals surface area contributed by atoms with E-state index in [0.717, 1.165) is 24.0 Å².